The van der Waals surface area contributed by atoms with Crippen LogP contribution in [0.1, 0.15) is 41.6 Å². The summed E-state index contributed by atoms with van der Waals surface area (Å²) in [6, 6.07) is 23.3. The number of ketones is 1. The summed E-state index contributed by atoms with van der Waals surface area (Å²) >= 11 is 0. The molecule has 0 bridgehead atoms. The zero-order valence-corrected chi connectivity index (χ0v) is 21.4. The van der Waals surface area contributed by atoms with Gasteiger partial charge in [-0.25, -0.2) is 4.68 Å². The van der Waals surface area contributed by atoms with Crippen LogP contribution in [0, 0.1) is 13.8 Å². The third-order valence-corrected chi connectivity index (χ3v) is 6.86. The van der Waals surface area contributed by atoms with Gasteiger partial charge in [0.2, 0.25) is 5.91 Å². The lowest BCUT2D eigenvalue weighted by atomic mass is 9.83. The maximum absolute atomic E-state index is 13.4. The van der Waals surface area contributed by atoms with E-state index in [1.807, 2.05) is 98.2 Å². The van der Waals surface area contributed by atoms with E-state index in [2.05, 4.69) is 5.32 Å². The van der Waals surface area contributed by atoms with Gasteiger partial charge in [-0.15, -0.1) is 0 Å². The number of aromatic nitrogens is 2. The number of carbonyl (C=O) groups excluding carboxylic acids is 2. The molecule has 6 nitrogen and oxygen atoms in total. The number of amides is 1. The predicted octanol–water partition coefficient (Wildman–Crippen LogP) is 6.26. The van der Waals surface area contributed by atoms with E-state index in [-0.39, 0.29) is 18.1 Å². The molecule has 3 aromatic carbocycles. The van der Waals surface area contributed by atoms with Crippen LogP contribution < -0.4 is 10.1 Å². The van der Waals surface area contributed by atoms with Crippen LogP contribution in [-0.2, 0) is 9.59 Å². The lowest BCUT2D eigenvalue weighted by Gasteiger charge is -2.23. The zero-order chi connectivity index (χ0) is 26.1. The number of methoxy groups -OCH3 is 1. The average Bonchev–Trinajstić information content (AvgIpc) is 3.29. The normalized spacial score (nSPS) is 14.6. The Hall–Kier alpha value is -4.45. The molecule has 1 atom stereocenters. The Balaban J connectivity index is 1.64. The van der Waals surface area contributed by atoms with Crippen molar-refractivity contribution in [1.29, 1.82) is 0 Å². The lowest BCUT2D eigenvalue weighted by molar-refractivity contribution is -0.121. The van der Waals surface area contributed by atoms with Gasteiger partial charge in [-0.3, -0.25) is 9.59 Å². The summed E-state index contributed by atoms with van der Waals surface area (Å²) < 4.78 is 7.19. The van der Waals surface area contributed by atoms with Crippen molar-refractivity contribution in [3.8, 4) is 22.7 Å². The summed E-state index contributed by atoms with van der Waals surface area (Å²) in [6.07, 6.45) is 1.66. The molecule has 1 heterocycles. The zero-order valence-electron chi connectivity index (χ0n) is 21.4. The molecule has 1 amide bonds. The number of allylic oxidation sites excluding steroid dienone is 2. The van der Waals surface area contributed by atoms with Gasteiger partial charge in [0, 0.05) is 23.2 Å². The summed E-state index contributed by atoms with van der Waals surface area (Å²) in [7, 11) is 1.63. The maximum Gasteiger partial charge on any atom is 0.225 e. The summed E-state index contributed by atoms with van der Waals surface area (Å²) in [6.45, 7) is 5.89. The lowest BCUT2D eigenvalue weighted by Crippen LogP contribution is -2.25. The molecule has 0 saturated carbocycles. The first-order chi connectivity index (χ1) is 17.9. The molecule has 0 spiro atoms. The van der Waals surface area contributed by atoms with E-state index in [1.54, 1.807) is 13.2 Å². The number of hydrogen-bond donors (Lipinski definition) is 1. The molecule has 0 fully saturated rings. The van der Waals surface area contributed by atoms with Crippen molar-refractivity contribution in [3.63, 3.8) is 0 Å². The van der Waals surface area contributed by atoms with Crippen LogP contribution in [-0.4, -0.2) is 28.6 Å². The first-order valence-corrected chi connectivity index (χ1v) is 12.3. The van der Waals surface area contributed by atoms with Crippen molar-refractivity contribution in [2.24, 2.45) is 0 Å². The Morgan fingerprint density at radius 3 is 2.30 bits per heavy atom. The van der Waals surface area contributed by atoms with E-state index in [0.29, 0.717) is 0 Å². The molecule has 1 aliphatic carbocycles. The minimum absolute atomic E-state index is 0.0174. The monoisotopic (exact) mass is 491 g/mol. The Morgan fingerprint density at radius 1 is 0.946 bits per heavy atom. The fraction of sp³-hybridized carbons (Fsp3) is 0.194. The van der Waals surface area contributed by atoms with Gasteiger partial charge in [-0.1, -0.05) is 36.4 Å². The number of carbonyl (C=O) groups is 2. The van der Waals surface area contributed by atoms with Gasteiger partial charge in [0.05, 0.1) is 24.4 Å². The molecule has 5 rings (SSSR count). The van der Waals surface area contributed by atoms with Crippen molar-refractivity contribution in [3.05, 3.63) is 101 Å². The van der Waals surface area contributed by atoms with Gasteiger partial charge in [-0.05, 0) is 79.9 Å². The van der Waals surface area contributed by atoms with E-state index in [9.17, 15) is 9.59 Å². The average molecular weight is 492 g/mol. The topological polar surface area (TPSA) is 73.2 Å². The molecular formula is C31H29N3O3. The molecule has 0 saturated heterocycles. The molecule has 0 unspecified atom stereocenters. The summed E-state index contributed by atoms with van der Waals surface area (Å²) in [4.78, 5) is 26.6. The van der Waals surface area contributed by atoms with Crippen LogP contribution in [0.4, 0.5) is 5.69 Å². The number of nitrogens with one attached hydrogen (secondary N) is 1. The molecule has 0 aliphatic heterocycles. The highest BCUT2D eigenvalue weighted by atomic mass is 16.5. The molecule has 186 valence electrons. The van der Waals surface area contributed by atoms with Gasteiger partial charge < -0.3 is 10.1 Å². The number of benzene rings is 3. The fourth-order valence-corrected chi connectivity index (χ4v) is 4.90. The second-order valence-corrected chi connectivity index (χ2v) is 9.39. The smallest absolute Gasteiger partial charge is 0.225 e. The molecule has 1 N–H and O–H groups in total. The summed E-state index contributed by atoms with van der Waals surface area (Å²) in [5.41, 5.74) is 7.76. The Morgan fingerprint density at radius 2 is 1.62 bits per heavy atom. The molecular weight excluding hydrogens is 462 g/mol. The number of ether oxygens (including phenoxy) is 1. The molecule has 6 heteroatoms. The SMILES string of the molecule is COc1ccc(-c2nn(-c3ccccc3C)c3c2C(C)=CC(=O)[C@H]3CC(=O)Nc2ccccc2C)cc1. The number of para-hydroxylation sites is 2. The predicted molar refractivity (Wildman–Crippen MR) is 146 cm³/mol. The largest absolute Gasteiger partial charge is 0.497 e. The summed E-state index contributed by atoms with van der Waals surface area (Å²) in [5, 5.41) is 8.03. The minimum atomic E-state index is -0.665. The standard InChI is InChI=1S/C31H29N3O3/c1-19-9-5-7-11-25(19)32-28(36)18-24-27(35)17-21(3)29-30(22-13-15-23(37-4)16-14-22)33-34(31(24)29)26-12-8-6-10-20(26)2/h5-17,24H,18H2,1-4H3,(H,32,36)/t24-/m1/s1. The highest BCUT2D eigenvalue weighted by molar-refractivity contribution is 6.08. The van der Waals surface area contributed by atoms with Gasteiger partial charge in [0.1, 0.15) is 11.4 Å². The van der Waals surface area contributed by atoms with Crippen molar-refractivity contribution >= 4 is 23.0 Å². The van der Waals surface area contributed by atoms with Gasteiger partial charge in [0.15, 0.2) is 5.78 Å². The van der Waals surface area contributed by atoms with Crippen LogP contribution in [0.5, 0.6) is 5.75 Å². The number of aryl methyl sites for hydroxylation is 2. The fourth-order valence-electron chi connectivity index (χ4n) is 4.90. The van der Waals surface area contributed by atoms with Gasteiger partial charge >= 0.3 is 0 Å². The van der Waals surface area contributed by atoms with Crippen LogP contribution >= 0.6 is 0 Å². The highest BCUT2D eigenvalue weighted by Crippen LogP contribution is 2.42. The molecule has 0 radical (unpaired) electrons. The van der Waals surface area contributed by atoms with E-state index in [1.165, 1.54) is 0 Å². The Kier molecular flexibility index (Phi) is 6.49. The molecule has 37 heavy (non-hydrogen) atoms. The minimum Gasteiger partial charge on any atom is -0.497 e. The number of hydrogen-bond acceptors (Lipinski definition) is 4. The van der Waals surface area contributed by atoms with Crippen molar-refractivity contribution in [2.45, 2.75) is 33.1 Å². The molecule has 4 aromatic rings. The Labute approximate surface area is 216 Å². The number of fused-ring (bicyclic) bond motifs is 1. The quantitative estimate of drug-likeness (QED) is 0.345. The second kappa shape index (κ2) is 9.90. The van der Waals surface area contributed by atoms with E-state index >= 15 is 0 Å². The van der Waals surface area contributed by atoms with Crippen molar-refractivity contribution < 1.29 is 14.3 Å². The molecule has 1 aromatic heterocycles. The van der Waals surface area contributed by atoms with Crippen molar-refractivity contribution in [2.75, 3.05) is 12.4 Å². The van der Waals surface area contributed by atoms with E-state index in [4.69, 9.17) is 9.84 Å². The number of anilines is 1. The van der Waals surface area contributed by atoms with Crippen LogP contribution in [0.2, 0.25) is 0 Å². The third-order valence-electron chi connectivity index (χ3n) is 6.86. The number of rotatable bonds is 6. The highest BCUT2D eigenvalue weighted by Gasteiger charge is 2.36. The molecule has 1 aliphatic rings. The second-order valence-electron chi connectivity index (χ2n) is 9.39. The first kappa shape index (κ1) is 24.3. The van der Waals surface area contributed by atoms with Crippen LogP contribution in [0.25, 0.3) is 22.5 Å². The van der Waals surface area contributed by atoms with E-state index < -0.39 is 5.92 Å². The van der Waals surface area contributed by atoms with Crippen molar-refractivity contribution in [1.82, 2.24) is 9.78 Å². The van der Waals surface area contributed by atoms with Gasteiger partial charge in [0.25, 0.3) is 0 Å². The summed E-state index contributed by atoms with van der Waals surface area (Å²) in [5.74, 6) is -0.220. The third kappa shape index (κ3) is 4.58. The first-order valence-electron chi connectivity index (χ1n) is 12.3. The van der Waals surface area contributed by atoms with Crippen LogP contribution in [0.3, 0.4) is 0 Å². The van der Waals surface area contributed by atoms with Crippen LogP contribution in [0.15, 0.2) is 78.9 Å². The Bertz CT molecular complexity index is 1530. The maximum atomic E-state index is 13.4. The van der Waals surface area contributed by atoms with Gasteiger partial charge in [-0.2, -0.15) is 5.10 Å². The van der Waals surface area contributed by atoms with E-state index in [0.717, 1.165) is 56.3 Å². The number of nitrogens with zero attached hydrogens (tertiary/aromatic N) is 2.